The molecule has 34 heavy (non-hydrogen) atoms. The lowest BCUT2D eigenvalue weighted by molar-refractivity contribution is -0.117. The van der Waals surface area contributed by atoms with Crippen LogP contribution in [0, 0.1) is 5.92 Å². The van der Waals surface area contributed by atoms with Gasteiger partial charge >= 0.3 is 0 Å². The van der Waals surface area contributed by atoms with Crippen LogP contribution < -0.4 is 5.32 Å². The molecule has 0 aliphatic heterocycles. The van der Waals surface area contributed by atoms with E-state index in [1.54, 1.807) is 31.0 Å². The minimum absolute atomic E-state index is 0.0553. The van der Waals surface area contributed by atoms with Gasteiger partial charge < -0.3 is 10.3 Å². The number of nitrogens with one attached hydrogen (secondary N) is 3. The second-order valence-electron chi connectivity index (χ2n) is 9.05. The van der Waals surface area contributed by atoms with Crippen LogP contribution in [0.25, 0.3) is 44.5 Å². The Morgan fingerprint density at radius 3 is 2.79 bits per heavy atom. The van der Waals surface area contributed by atoms with Crippen molar-refractivity contribution in [3.8, 4) is 22.6 Å². The van der Waals surface area contributed by atoms with Crippen molar-refractivity contribution in [3.63, 3.8) is 0 Å². The molecule has 1 aliphatic carbocycles. The number of carbonyl (C=O) groups is 1. The maximum absolute atomic E-state index is 12.6. The summed E-state index contributed by atoms with van der Waals surface area (Å²) in [4.78, 5) is 29.1. The number of hydrogen-bond acceptors (Lipinski definition) is 5. The van der Waals surface area contributed by atoms with E-state index in [2.05, 4.69) is 41.5 Å². The monoisotopic (exact) mass is 451 g/mol. The lowest BCUT2D eigenvalue weighted by Gasteiger charge is -2.20. The van der Waals surface area contributed by atoms with E-state index in [9.17, 15) is 4.79 Å². The summed E-state index contributed by atoms with van der Waals surface area (Å²) >= 11 is 0. The molecule has 5 aromatic heterocycles. The minimum Gasteiger partial charge on any atom is -0.352 e. The minimum atomic E-state index is 0.0553. The molecule has 1 saturated carbocycles. The number of aromatic nitrogens is 6. The molecule has 1 fully saturated rings. The molecule has 1 amide bonds. The van der Waals surface area contributed by atoms with Gasteiger partial charge in [0.05, 0.1) is 46.7 Å². The Labute approximate surface area is 196 Å². The third-order valence-electron chi connectivity index (χ3n) is 6.64. The highest BCUT2D eigenvalue weighted by Gasteiger charge is 2.18. The third kappa shape index (κ3) is 4.03. The molecular formula is C26H25N7O. The highest BCUT2D eigenvalue weighted by molar-refractivity contribution is 5.97. The van der Waals surface area contributed by atoms with Gasteiger partial charge in [-0.1, -0.05) is 19.3 Å². The van der Waals surface area contributed by atoms with Gasteiger partial charge in [0.15, 0.2) is 0 Å². The Hall–Kier alpha value is -4.07. The molecule has 0 radical (unpaired) electrons. The average molecular weight is 452 g/mol. The van der Waals surface area contributed by atoms with E-state index >= 15 is 0 Å². The number of aromatic amines is 2. The average Bonchev–Trinajstić information content (AvgIpc) is 3.48. The van der Waals surface area contributed by atoms with Gasteiger partial charge in [-0.3, -0.25) is 24.8 Å². The molecule has 0 bridgehead atoms. The Balaban J connectivity index is 1.27. The van der Waals surface area contributed by atoms with Crippen LogP contribution in [0.5, 0.6) is 0 Å². The number of carbonyl (C=O) groups excluding carboxylic acids is 1. The van der Waals surface area contributed by atoms with Crippen LogP contribution in [-0.4, -0.2) is 36.0 Å². The van der Waals surface area contributed by atoms with E-state index in [0.717, 1.165) is 57.3 Å². The molecule has 8 nitrogen and oxygen atoms in total. The number of amides is 1. The van der Waals surface area contributed by atoms with Gasteiger partial charge in [0, 0.05) is 35.2 Å². The van der Waals surface area contributed by atoms with Gasteiger partial charge in [0.25, 0.3) is 0 Å². The smallest absolute Gasteiger partial charge is 0.224 e. The Morgan fingerprint density at radius 2 is 1.91 bits per heavy atom. The van der Waals surface area contributed by atoms with Crippen molar-refractivity contribution in [1.29, 1.82) is 0 Å². The van der Waals surface area contributed by atoms with E-state index in [1.165, 1.54) is 19.3 Å². The molecule has 0 spiro atoms. The first-order valence-electron chi connectivity index (χ1n) is 11.8. The lowest BCUT2D eigenvalue weighted by Crippen LogP contribution is -2.18. The van der Waals surface area contributed by atoms with Crippen molar-refractivity contribution >= 4 is 33.4 Å². The number of rotatable bonds is 5. The quantitative estimate of drug-likeness (QED) is 0.328. The molecule has 5 heterocycles. The first-order chi connectivity index (χ1) is 16.7. The van der Waals surface area contributed by atoms with E-state index in [1.807, 2.05) is 18.2 Å². The number of fused-ring (bicyclic) bond motifs is 2. The number of nitrogens with zero attached hydrogens (tertiary/aromatic N) is 4. The molecule has 1 aliphatic rings. The highest BCUT2D eigenvalue weighted by atomic mass is 16.1. The van der Waals surface area contributed by atoms with Crippen LogP contribution in [-0.2, 0) is 4.79 Å². The SMILES string of the molecule is O=C(CC1CCCCC1)Nc1cncc(-c2cc3c(-c4cc5ccncc5[nH]4)n[nH]c3cn2)c1. The zero-order chi connectivity index (χ0) is 22.9. The second-order valence-corrected chi connectivity index (χ2v) is 9.05. The normalized spacial score (nSPS) is 14.6. The summed E-state index contributed by atoms with van der Waals surface area (Å²) in [5, 5.41) is 12.6. The third-order valence-corrected chi connectivity index (χ3v) is 6.64. The summed E-state index contributed by atoms with van der Waals surface area (Å²) in [6.07, 6.45) is 15.4. The number of H-pyrrole nitrogens is 2. The fourth-order valence-electron chi connectivity index (χ4n) is 4.89. The summed E-state index contributed by atoms with van der Waals surface area (Å²) < 4.78 is 0. The summed E-state index contributed by atoms with van der Waals surface area (Å²) in [5.41, 5.74) is 5.84. The standard InChI is InChI=1S/C26H25N7O/c34-25(8-16-4-2-1-3-5-16)30-19-9-18(12-28-13-19)21-11-20-24(15-29-21)32-33-26(20)22-10-17-6-7-27-14-23(17)31-22/h6-7,9-16,31H,1-5,8H2,(H,30,34)(H,32,33). The van der Waals surface area contributed by atoms with E-state index < -0.39 is 0 Å². The molecule has 3 N–H and O–H groups in total. The van der Waals surface area contributed by atoms with Gasteiger partial charge in [-0.2, -0.15) is 5.10 Å². The van der Waals surface area contributed by atoms with E-state index in [-0.39, 0.29) is 5.91 Å². The highest BCUT2D eigenvalue weighted by Crippen LogP contribution is 2.31. The molecule has 0 atom stereocenters. The topological polar surface area (TPSA) is 112 Å². The van der Waals surface area contributed by atoms with Gasteiger partial charge in [-0.05, 0) is 43.0 Å². The fraction of sp³-hybridized carbons (Fsp3) is 0.269. The van der Waals surface area contributed by atoms with Crippen LogP contribution in [0.3, 0.4) is 0 Å². The molecule has 5 aromatic rings. The summed E-state index contributed by atoms with van der Waals surface area (Å²) in [6.45, 7) is 0. The maximum Gasteiger partial charge on any atom is 0.224 e. The van der Waals surface area contributed by atoms with E-state index in [0.29, 0.717) is 18.0 Å². The van der Waals surface area contributed by atoms with E-state index in [4.69, 9.17) is 0 Å². The van der Waals surface area contributed by atoms with Crippen LogP contribution in [0.15, 0.2) is 55.2 Å². The van der Waals surface area contributed by atoms with Crippen molar-refractivity contribution < 1.29 is 4.79 Å². The van der Waals surface area contributed by atoms with Crippen molar-refractivity contribution in [2.24, 2.45) is 5.92 Å². The van der Waals surface area contributed by atoms with Crippen LogP contribution in [0.4, 0.5) is 5.69 Å². The van der Waals surface area contributed by atoms with Crippen molar-refractivity contribution in [3.05, 3.63) is 55.2 Å². The lowest BCUT2D eigenvalue weighted by atomic mass is 9.87. The van der Waals surface area contributed by atoms with Crippen molar-refractivity contribution in [2.45, 2.75) is 38.5 Å². The Kier molecular flexibility index (Phi) is 5.25. The maximum atomic E-state index is 12.6. The predicted molar refractivity (Wildman–Crippen MR) is 132 cm³/mol. The zero-order valence-corrected chi connectivity index (χ0v) is 18.7. The van der Waals surface area contributed by atoms with Crippen LogP contribution in [0.2, 0.25) is 0 Å². The first kappa shape index (κ1) is 20.5. The molecule has 0 unspecified atom stereocenters. The van der Waals surface area contributed by atoms with Gasteiger partial charge in [-0.25, -0.2) is 0 Å². The van der Waals surface area contributed by atoms with Crippen molar-refractivity contribution in [1.82, 2.24) is 30.1 Å². The second kappa shape index (κ2) is 8.70. The van der Waals surface area contributed by atoms with Crippen molar-refractivity contribution in [2.75, 3.05) is 5.32 Å². The fourth-order valence-corrected chi connectivity index (χ4v) is 4.89. The molecule has 6 rings (SSSR count). The number of pyridine rings is 3. The molecular weight excluding hydrogens is 426 g/mol. The van der Waals surface area contributed by atoms with Gasteiger partial charge in [0.2, 0.25) is 5.91 Å². The summed E-state index contributed by atoms with van der Waals surface area (Å²) in [6, 6.07) is 7.96. The van der Waals surface area contributed by atoms with Gasteiger partial charge in [-0.15, -0.1) is 0 Å². The van der Waals surface area contributed by atoms with Gasteiger partial charge in [0.1, 0.15) is 5.69 Å². The molecule has 0 saturated heterocycles. The Morgan fingerprint density at radius 1 is 1.00 bits per heavy atom. The molecule has 0 aromatic carbocycles. The summed E-state index contributed by atoms with van der Waals surface area (Å²) in [7, 11) is 0. The Bertz CT molecular complexity index is 1450. The first-order valence-corrected chi connectivity index (χ1v) is 11.8. The molecule has 170 valence electrons. The number of hydrogen-bond donors (Lipinski definition) is 3. The van der Waals surface area contributed by atoms with Crippen LogP contribution in [0.1, 0.15) is 38.5 Å². The summed E-state index contributed by atoms with van der Waals surface area (Å²) in [5.74, 6) is 0.550. The predicted octanol–water partition coefficient (Wildman–Crippen LogP) is 5.47. The zero-order valence-electron chi connectivity index (χ0n) is 18.7. The van der Waals surface area contributed by atoms with Crippen LogP contribution >= 0.6 is 0 Å². The molecule has 8 heteroatoms. The number of anilines is 1. The largest absolute Gasteiger partial charge is 0.352 e.